The highest BCUT2D eigenvalue weighted by Gasteiger charge is 2.39. The van der Waals surface area contributed by atoms with Gasteiger partial charge in [-0.2, -0.15) is 5.10 Å². The first-order chi connectivity index (χ1) is 21.1. The summed E-state index contributed by atoms with van der Waals surface area (Å²) in [5.41, 5.74) is 5.19. The van der Waals surface area contributed by atoms with Crippen molar-refractivity contribution in [2.75, 3.05) is 25.0 Å². The quantitative estimate of drug-likeness (QED) is 0.293. The van der Waals surface area contributed by atoms with Crippen molar-refractivity contribution < 1.29 is 19.5 Å². The number of carbonyl (C=O) groups excluding carboxylic acids is 3. The maximum atomic E-state index is 13.6. The number of hydrogen-bond donors (Lipinski definition) is 2. The smallest absolute Gasteiger partial charge is 0.257 e. The average Bonchev–Trinajstić information content (AvgIpc) is 3.66. The van der Waals surface area contributed by atoms with Gasteiger partial charge in [-0.05, 0) is 70.0 Å². The van der Waals surface area contributed by atoms with Crippen LogP contribution in [0.1, 0.15) is 65.1 Å². The highest BCUT2D eigenvalue weighted by atomic mass is 16.3. The summed E-state index contributed by atoms with van der Waals surface area (Å²) < 4.78 is 3.60. The number of aliphatic hydroxyl groups excluding tert-OH is 1. The van der Waals surface area contributed by atoms with E-state index in [2.05, 4.69) is 22.2 Å². The molecular weight excluding hydrogens is 556 g/mol. The van der Waals surface area contributed by atoms with Gasteiger partial charge >= 0.3 is 0 Å². The third kappa shape index (κ3) is 5.67. The molecule has 230 valence electrons. The summed E-state index contributed by atoms with van der Waals surface area (Å²) in [6, 6.07) is 13.5. The van der Waals surface area contributed by atoms with E-state index in [-0.39, 0.29) is 42.3 Å². The molecule has 0 unspecified atom stereocenters. The van der Waals surface area contributed by atoms with Crippen molar-refractivity contribution in [1.29, 1.82) is 0 Å². The lowest BCUT2D eigenvalue weighted by Crippen LogP contribution is -2.57. The Bertz CT molecular complexity index is 1720. The molecule has 3 atom stereocenters. The first-order valence-corrected chi connectivity index (χ1v) is 15.4. The molecule has 10 heteroatoms. The summed E-state index contributed by atoms with van der Waals surface area (Å²) in [5.74, 6) is -0.168. The van der Waals surface area contributed by atoms with E-state index < -0.39 is 0 Å². The summed E-state index contributed by atoms with van der Waals surface area (Å²) in [4.78, 5) is 43.8. The third-order valence-electron chi connectivity index (χ3n) is 9.01. The fourth-order valence-electron chi connectivity index (χ4n) is 6.71. The van der Waals surface area contributed by atoms with Gasteiger partial charge in [0.1, 0.15) is 6.54 Å². The molecule has 10 nitrogen and oxygen atoms in total. The number of aliphatic hydroxyl groups is 1. The zero-order valence-electron chi connectivity index (χ0n) is 25.8. The minimum Gasteiger partial charge on any atom is -0.392 e. The van der Waals surface area contributed by atoms with Crippen LogP contribution < -0.4 is 5.32 Å². The van der Waals surface area contributed by atoms with Gasteiger partial charge in [-0.3, -0.25) is 19.3 Å². The SMILES string of the molecule is CCCC(=O)c1cnn(-c2ccc(NC(=O)c3cn(CC(=O)N4C[C@@H]5C[C@@H](O)CN5C[C@@H]4C)c4ccc(C)cc34)cc2)c1C. The Morgan fingerprint density at radius 1 is 1.02 bits per heavy atom. The maximum absolute atomic E-state index is 13.6. The Balaban J connectivity index is 1.20. The molecule has 2 aromatic carbocycles. The number of amides is 2. The second-order valence-corrected chi connectivity index (χ2v) is 12.3. The average molecular weight is 597 g/mol. The predicted molar refractivity (Wildman–Crippen MR) is 169 cm³/mol. The van der Waals surface area contributed by atoms with Crippen LogP contribution in [-0.4, -0.2) is 84.7 Å². The largest absolute Gasteiger partial charge is 0.392 e. The summed E-state index contributed by atoms with van der Waals surface area (Å²) in [5, 5.41) is 18.3. The second-order valence-electron chi connectivity index (χ2n) is 12.3. The number of nitrogens with zero attached hydrogens (tertiary/aromatic N) is 5. The van der Waals surface area contributed by atoms with Crippen molar-refractivity contribution in [3.63, 3.8) is 0 Å². The number of carbonyl (C=O) groups is 3. The van der Waals surface area contributed by atoms with Crippen LogP contribution in [0.5, 0.6) is 0 Å². The van der Waals surface area contributed by atoms with E-state index in [0.717, 1.165) is 40.8 Å². The standard InChI is InChI=1S/C34H40N6O4/c1-5-6-32(42)29-15-35-40(23(29)4)25-10-8-24(9-11-25)36-34(44)30-19-38(31-12-7-21(2)13-28(30)31)20-33(43)39-17-26-14-27(41)18-37(26)16-22(39)3/h7-13,15,19,22,26-27,41H,5-6,14,16-18,20H2,1-4H3,(H,36,44)/t22-,26-,27+/m0/s1. The lowest BCUT2D eigenvalue weighted by Gasteiger charge is -2.42. The molecule has 44 heavy (non-hydrogen) atoms. The zero-order valence-corrected chi connectivity index (χ0v) is 25.8. The maximum Gasteiger partial charge on any atom is 0.257 e. The van der Waals surface area contributed by atoms with Gasteiger partial charge in [0.25, 0.3) is 5.91 Å². The lowest BCUT2D eigenvalue weighted by molar-refractivity contribution is -0.137. The van der Waals surface area contributed by atoms with Crippen LogP contribution in [0.3, 0.4) is 0 Å². The Kier molecular flexibility index (Phi) is 8.13. The molecule has 2 N–H and O–H groups in total. The van der Waals surface area contributed by atoms with Crippen molar-refractivity contribution in [3.05, 3.63) is 77.2 Å². The number of anilines is 1. The van der Waals surface area contributed by atoms with Crippen LogP contribution in [-0.2, 0) is 11.3 Å². The van der Waals surface area contributed by atoms with Crippen LogP contribution in [0, 0.1) is 13.8 Å². The monoisotopic (exact) mass is 596 g/mol. The number of hydrogen-bond acceptors (Lipinski definition) is 6. The number of nitrogens with one attached hydrogen (secondary N) is 1. The van der Waals surface area contributed by atoms with Gasteiger partial charge in [0, 0.05) is 60.9 Å². The van der Waals surface area contributed by atoms with Gasteiger partial charge in [0.15, 0.2) is 5.78 Å². The second kappa shape index (κ2) is 12.0. The number of rotatable bonds is 8. The van der Waals surface area contributed by atoms with Crippen LogP contribution in [0.15, 0.2) is 54.9 Å². The Morgan fingerprint density at radius 3 is 2.55 bits per heavy atom. The number of piperazine rings is 1. The van der Waals surface area contributed by atoms with Crippen molar-refractivity contribution >= 4 is 34.2 Å². The van der Waals surface area contributed by atoms with Crippen molar-refractivity contribution in [3.8, 4) is 5.69 Å². The molecule has 4 heterocycles. The van der Waals surface area contributed by atoms with Gasteiger partial charge < -0.3 is 19.9 Å². The van der Waals surface area contributed by atoms with E-state index in [9.17, 15) is 19.5 Å². The molecule has 6 rings (SSSR count). The summed E-state index contributed by atoms with van der Waals surface area (Å²) in [6.07, 6.45) is 5.02. The molecule has 0 aliphatic carbocycles. The van der Waals surface area contributed by atoms with Gasteiger partial charge in [0.2, 0.25) is 5.91 Å². The summed E-state index contributed by atoms with van der Waals surface area (Å²) >= 11 is 0. The molecular formula is C34H40N6O4. The molecule has 2 fully saturated rings. The topological polar surface area (TPSA) is 113 Å². The molecule has 0 radical (unpaired) electrons. The van der Waals surface area contributed by atoms with Crippen molar-refractivity contribution in [2.45, 2.75) is 71.7 Å². The lowest BCUT2D eigenvalue weighted by atomic mass is 10.1. The number of aromatic nitrogens is 3. The van der Waals surface area contributed by atoms with Crippen LogP contribution in [0.2, 0.25) is 0 Å². The fraction of sp³-hybridized carbons (Fsp3) is 0.412. The molecule has 2 amide bonds. The minimum absolute atomic E-state index is 0.00651. The molecule has 2 aliphatic heterocycles. The molecule has 2 aromatic heterocycles. The molecule has 0 bridgehead atoms. The summed E-state index contributed by atoms with van der Waals surface area (Å²) in [6.45, 7) is 10.1. The number of Topliss-reactive ketones (excluding diaryl/α,β-unsaturated/α-hetero) is 1. The van der Waals surface area contributed by atoms with E-state index in [1.54, 1.807) is 17.1 Å². The van der Waals surface area contributed by atoms with Crippen molar-refractivity contribution in [2.24, 2.45) is 0 Å². The predicted octanol–water partition coefficient (Wildman–Crippen LogP) is 4.34. The Hall–Kier alpha value is -4.28. The number of benzene rings is 2. The van der Waals surface area contributed by atoms with E-state index in [1.807, 2.05) is 72.7 Å². The van der Waals surface area contributed by atoms with Gasteiger partial charge in [-0.15, -0.1) is 0 Å². The number of aryl methyl sites for hydroxylation is 1. The van der Waals surface area contributed by atoms with E-state index in [0.29, 0.717) is 42.7 Å². The highest BCUT2D eigenvalue weighted by Crippen LogP contribution is 2.28. The Labute approximate surface area is 257 Å². The van der Waals surface area contributed by atoms with Gasteiger partial charge in [-0.25, -0.2) is 4.68 Å². The fourth-order valence-corrected chi connectivity index (χ4v) is 6.71. The van der Waals surface area contributed by atoms with Crippen LogP contribution in [0.4, 0.5) is 5.69 Å². The molecule has 2 saturated heterocycles. The van der Waals surface area contributed by atoms with E-state index in [1.165, 1.54) is 0 Å². The minimum atomic E-state index is -0.333. The number of ketones is 1. The van der Waals surface area contributed by atoms with Gasteiger partial charge in [0.05, 0.1) is 34.8 Å². The van der Waals surface area contributed by atoms with Crippen LogP contribution in [0.25, 0.3) is 16.6 Å². The van der Waals surface area contributed by atoms with E-state index >= 15 is 0 Å². The molecule has 2 aliphatic rings. The highest BCUT2D eigenvalue weighted by molar-refractivity contribution is 6.13. The molecule has 0 spiro atoms. The van der Waals surface area contributed by atoms with E-state index in [4.69, 9.17) is 0 Å². The first-order valence-electron chi connectivity index (χ1n) is 15.4. The Morgan fingerprint density at radius 2 is 1.80 bits per heavy atom. The third-order valence-corrected chi connectivity index (χ3v) is 9.01. The number of fused-ring (bicyclic) bond motifs is 2. The molecule has 0 saturated carbocycles. The summed E-state index contributed by atoms with van der Waals surface area (Å²) in [7, 11) is 0. The van der Waals surface area contributed by atoms with Crippen LogP contribution >= 0.6 is 0 Å². The van der Waals surface area contributed by atoms with Crippen molar-refractivity contribution in [1.82, 2.24) is 24.1 Å². The first kappa shape index (κ1) is 29.8. The normalized spacial score (nSPS) is 20.2. The van der Waals surface area contributed by atoms with Gasteiger partial charge in [-0.1, -0.05) is 18.6 Å². The molecule has 4 aromatic rings. The zero-order chi connectivity index (χ0) is 31.1.